The molecule has 0 aliphatic heterocycles. The van der Waals surface area contributed by atoms with Crippen LogP contribution >= 0.6 is 0 Å². The second kappa shape index (κ2) is 12.3. The first-order chi connectivity index (χ1) is 26.0. The lowest BCUT2D eigenvalue weighted by Gasteiger charge is -2.22. The minimum Gasteiger partial charge on any atom is -0.0622 e. The van der Waals surface area contributed by atoms with Crippen molar-refractivity contribution in [3.8, 4) is 66.8 Å². The van der Waals surface area contributed by atoms with Crippen molar-refractivity contribution in [1.29, 1.82) is 0 Å². The molecule has 1 aliphatic carbocycles. The summed E-state index contributed by atoms with van der Waals surface area (Å²) < 4.78 is 0. The fourth-order valence-corrected chi connectivity index (χ4v) is 8.78. The summed E-state index contributed by atoms with van der Waals surface area (Å²) in [6.07, 6.45) is 0. The molecule has 0 heterocycles. The molecule has 250 valence electrons. The zero-order valence-electron chi connectivity index (χ0n) is 30.0. The van der Waals surface area contributed by atoms with E-state index in [1.807, 2.05) is 0 Å². The molecular formula is C53H38. The Morgan fingerprint density at radius 2 is 0.660 bits per heavy atom. The molecule has 0 unspecified atom stereocenters. The van der Waals surface area contributed by atoms with Crippen LogP contribution in [0.2, 0.25) is 0 Å². The predicted molar refractivity (Wildman–Crippen MR) is 226 cm³/mol. The summed E-state index contributed by atoms with van der Waals surface area (Å²) in [5.41, 5.74) is 17.8. The molecule has 0 fully saturated rings. The van der Waals surface area contributed by atoms with Crippen LogP contribution in [0.1, 0.15) is 25.0 Å². The van der Waals surface area contributed by atoms with Gasteiger partial charge in [0.15, 0.2) is 0 Å². The molecule has 0 amide bonds. The van der Waals surface area contributed by atoms with Crippen molar-refractivity contribution in [3.63, 3.8) is 0 Å². The minimum atomic E-state index is -0.0558. The van der Waals surface area contributed by atoms with Crippen molar-refractivity contribution in [1.82, 2.24) is 0 Å². The van der Waals surface area contributed by atoms with E-state index in [0.717, 1.165) is 0 Å². The molecule has 0 nitrogen and oxygen atoms in total. The largest absolute Gasteiger partial charge is 0.0622 e. The van der Waals surface area contributed by atoms with Crippen LogP contribution < -0.4 is 0 Å². The van der Waals surface area contributed by atoms with Gasteiger partial charge in [-0.25, -0.2) is 0 Å². The maximum atomic E-state index is 2.45. The average Bonchev–Trinajstić information content (AvgIpc) is 3.46. The van der Waals surface area contributed by atoms with Gasteiger partial charge in [-0.05, 0) is 112 Å². The lowest BCUT2D eigenvalue weighted by atomic mass is 9.81. The second-order valence-corrected chi connectivity index (χ2v) is 14.9. The fourth-order valence-electron chi connectivity index (χ4n) is 8.78. The topological polar surface area (TPSA) is 0 Å². The Morgan fingerprint density at radius 1 is 0.264 bits per heavy atom. The summed E-state index contributed by atoms with van der Waals surface area (Å²) in [5, 5.41) is 5.05. The fraction of sp³-hybridized carbons (Fsp3) is 0.0566. The van der Waals surface area contributed by atoms with E-state index < -0.39 is 0 Å². The van der Waals surface area contributed by atoms with Gasteiger partial charge < -0.3 is 0 Å². The van der Waals surface area contributed by atoms with Crippen molar-refractivity contribution in [3.05, 3.63) is 205 Å². The molecule has 1 aliphatic rings. The first kappa shape index (κ1) is 31.3. The van der Waals surface area contributed by atoms with E-state index in [-0.39, 0.29) is 5.41 Å². The van der Waals surface area contributed by atoms with Gasteiger partial charge in [0.2, 0.25) is 0 Å². The van der Waals surface area contributed by atoms with Gasteiger partial charge in [0, 0.05) is 5.41 Å². The minimum absolute atomic E-state index is 0.0558. The summed E-state index contributed by atoms with van der Waals surface area (Å²) in [6, 6.07) is 71.7. The molecule has 0 radical (unpaired) electrons. The summed E-state index contributed by atoms with van der Waals surface area (Å²) in [7, 11) is 0. The van der Waals surface area contributed by atoms with Gasteiger partial charge in [0.1, 0.15) is 0 Å². The molecule has 0 aromatic heterocycles. The van der Waals surface area contributed by atoms with Gasteiger partial charge in [-0.3, -0.25) is 0 Å². The molecule has 0 spiro atoms. The third-order valence-corrected chi connectivity index (χ3v) is 11.5. The van der Waals surface area contributed by atoms with Crippen LogP contribution in [0.4, 0.5) is 0 Å². The number of benzene rings is 9. The summed E-state index contributed by atoms with van der Waals surface area (Å²) >= 11 is 0. The Labute approximate surface area is 311 Å². The highest BCUT2D eigenvalue weighted by molar-refractivity contribution is 6.22. The van der Waals surface area contributed by atoms with Crippen molar-refractivity contribution in [2.45, 2.75) is 19.3 Å². The zero-order valence-corrected chi connectivity index (χ0v) is 30.0. The van der Waals surface area contributed by atoms with E-state index in [0.29, 0.717) is 0 Å². The number of hydrogen-bond donors (Lipinski definition) is 0. The Hall–Kier alpha value is -6.50. The molecule has 10 rings (SSSR count). The van der Waals surface area contributed by atoms with Crippen LogP contribution in [0.5, 0.6) is 0 Å². The third kappa shape index (κ3) is 5.13. The maximum Gasteiger partial charge on any atom is 0.0159 e. The molecule has 0 bridgehead atoms. The average molecular weight is 675 g/mol. The highest BCUT2D eigenvalue weighted by Gasteiger charge is 2.35. The first-order valence-electron chi connectivity index (χ1n) is 18.6. The molecule has 9 aromatic carbocycles. The van der Waals surface area contributed by atoms with Gasteiger partial charge in [-0.2, -0.15) is 0 Å². The van der Waals surface area contributed by atoms with Crippen LogP contribution in [0.25, 0.3) is 88.3 Å². The van der Waals surface area contributed by atoms with Crippen molar-refractivity contribution < 1.29 is 0 Å². The van der Waals surface area contributed by atoms with Crippen molar-refractivity contribution in [2.24, 2.45) is 0 Å². The van der Waals surface area contributed by atoms with Crippen LogP contribution in [-0.4, -0.2) is 0 Å². The maximum absolute atomic E-state index is 2.45. The first-order valence-corrected chi connectivity index (χ1v) is 18.6. The van der Waals surface area contributed by atoms with Gasteiger partial charge in [-0.1, -0.05) is 196 Å². The molecule has 0 heteroatoms. The molecule has 9 aromatic rings. The standard InChI is InChI=1S/C53H38/c1-53(2)49-20-12-11-17-43(49)44-31-29-42(34-50(44)53)41-30-32-47-48(33-41)52(40-27-23-38(24-28-40)36-15-7-4-8-16-36)46-19-10-9-18-45(46)51(47)39-25-21-37(22-26-39)35-13-5-3-6-14-35/h3-34H,1-2H3. The zero-order chi connectivity index (χ0) is 35.5. The molecule has 0 saturated carbocycles. The van der Waals surface area contributed by atoms with E-state index in [9.17, 15) is 0 Å². The molecular weight excluding hydrogens is 637 g/mol. The summed E-state index contributed by atoms with van der Waals surface area (Å²) in [4.78, 5) is 0. The van der Waals surface area contributed by atoms with Gasteiger partial charge in [0.25, 0.3) is 0 Å². The Kier molecular flexibility index (Phi) is 7.27. The quantitative estimate of drug-likeness (QED) is 0.159. The lowest BCUT2D eigenvalue weighted by Crippen LogP contribution is -2.14. The Bertz CT molecular complexity index is 2800. The Morgan fingerprint density at radius 3 is 1.26 bits per heavy atom. The van der Waals surface area contributed by atoms with E-state index in [1.165, 1.54) is 99.4 Å². The number of hydrogen-bond acceptors (Lipinski definition) is 0. The Balaban J connectivity index is 1.20. The van der Waals surface area contributed by atoms with Crippen LogP contribution in [0.15, 0.2) is 194 Å². The van der Waals surface area contributed by atoms with Crippen LogP contribution in [0, 0.1) is 0 Å². The summed E-state index contributed by atoms with van der Waals surface area (Å²) in [6.45, 7) is 4.72. The van der Waals surface area contributed by atoms with Crippen molar-refractivity contribution in [2.75, 3.05) is 0 Å². The van der Waals surface area contributed by atoms with Crippen LogP contribution in [-0.2, 0) is 5.41 Å². The van der Waals surface area contributed by atoms with Crippen LogP contribution in [0.3, 0.4) is 0 Å². The van der Waals surface area contributed by atoms with Gasteiger partial charge >= 0.3 is 0 Å². The van der Waals surface area contributed by atoms with Crippen molar-refractivity contribution >= 4 is 21.5 Å². The molecule has 0 saturated heterocycles. The van der Waals surface area contributed by atoms with Gasteiger partial charge in [0.05, 0.1) is 0 Å². The monoisotopic (exact) mass is 674 g/mol. The normalized spacial score (nSPS) is 12.9. The van der Waals surface area contributed by atoms with E-state index in [2.05, 4.69) is 208 Å². The molecule has 0 N–H and O–H groups in total. The molecule has 53 heavy (non-hydrogen) atoms. The van der Waals surface area contributed by atoms with E-state index in [4.69, 9.17) is 0 Å². The number of fused-ring (bicyclic) bond motifs is 5. The lowest BCUT2D eigenvalue weighted by molar-refractivity contribution is 0.660. The highest BCUT2D eigenvalue weighted by Crippen LogP contribution is 2.50. The van der Waals surface area contributed by atoms with E-state index in [1.54, 1.807) is 0 Å². The number of rotatable bonds is 5. The smallest absolute Gasteiger partial charge is 0.0159 e. The second-order valence-electron chi connectivity index (χ2n) is 14.9. The molecule has 0 atom stereocenters. The SMILES string of the molecule is CC1(C)c2ccccc2-c2ccc(-c3ccc4c(-c5ccc(-c6ccccc6)cc5)c5ccccc5c(-c5ccc(-c6ccccc6)cc5)c4c3)cc21. The summed E-state index contributed by atoms with van der Waals surface area (Å²) in [5.74, 6) is 0. The third-order valence-electron chi connectivity index (χ3n) is 11.5. The predicted octanol–water partition coefficient (Wildman–Crippen LogP) is 14.6. The highest BCUT2D eigenvalue weighted by atomic mass is 14.4. The van der Waals surface area contributed by atoms with Gasteiger partial charge in [-0.15, -0.1) is 0 Å². The van der Waals surface area contributed by atoms with E-state index >= 15 is 0 Å².